The summed E-state index contributed by atoms with van der Waals surface area (Å²) in [6, 6.07) is 0. The molecule has 0 saturated heterocycles. The average Bonchev–Trinajstić information content (AvgIpc) is 3.13. The lowest BCUT2D eigenvalue weighted by molar-refractivity contribution is -0.168. The Morgan fingerprint density at radius 1 is 0.865 bits per heavy atom. The lowest BCUT2D eigenvalue weighted by atomic mass is 9.43. The standard InChI is InChI=1S/C31H58O4Si2/c1-21(11-14-28(32)33-4)24-12-13-25-29-26(16-18-31(24,25)3)30(2)17-15-23(34-36(5,6)7)19-22(30)20-27(29)35-37(8,9)10/h21-27,29H,11-20H2,1-10H3/t21-,22-,23-,24-,25+,26+,27-,29+,30+,31-/m1/s1. The summed E-state index contributed by atoms with van der Waals surface area (Å²) in [4.78, 5) is 11.9. The fraction of sp³-hybridized carbons (Fsp3) is 0.968. The molecule has 0 aliphatic heterocycles. The van der Waals surface area contributed by atoms with Crippen molar-refractivity contribution in [1.82, 2.24) is 0 Å². The normalized spacial score (nSPS) is 42.9. The SMILES string of the molecule is COC(=O)CC[C@@H](C)[C@H]1CC[C@H]2[C@@H]3[C@H](O[Si](C)(C)C)C[C@H]4C[C@H](O[Si](C)(C)C)CC[C@]4(C)[C@H]3CC[C@]12C. The summed E-state index contributed by atoms with van der Waals surface area (Å²) in [6.45, 7) is 21.9. The van der Waals surface area contributed by atoms with Gasteiger partial charge in [0.15, 0.2) is 16.6 Å². The lowest BCUT2D eigenvalue weighted by Gasteiger charge is -2.64. The molecule has 0 aromatic rings. The Morgan fingerprint density at radius 2 is 1.49 bits per heavy atom. The molecule has 4 saturated carbocycles. The number of hydrogen-bond donors (Lipinski definition) is 0. The van der Waals surface area contributed by atoms with Crippen LogP contribution in [0.4, 0.5) is 0 Å². The van der Waals surface area contributed by atoms with Gasteiger partial charge in [-0.2, -0.15) is 0 Å². The molecule has 4 fully saturated rings. The van der Waals surface area contributed by atoms with E-state index in [0.717, 1.165) is 24.2 Å². The summed E-state index contributed by atoms with van der Waals surface area (Å²) < 4.78 is 18.8. The van der Waals surface area contributed by atoms with Gasteiger partial charge in [0.25, 0.3) is 0 Å². The van der Waals surface area contributed by atoms with Crippen molar-refractivity contribution in [1.29, 1.82) is 0 Å². The minimum atomic E-state index is -1.67. The first kappa shape index (κ1) is 29.8. The van der Waals surface area contributed by atoms with Crippen LogP contribution in [0.3, 0.4) is 0 Å². The number of carbonyl (C=O) groups is 1. The summed E-state index contributed by atoms with van der Waals surface area (Å²) in [7, 11) is -1.69. The summed E-state index contributed by atoms with van der Waals surface area (Å²) >= 11 is 0. The number of fused-ring (bicyclic) bond motifs is 5. The van der Waals surface area contributed by atoms with Gasteiger partial charge in [-0.1, -0.05) is 20.8 Å². The highest BCUT2D eigenvalue weighted by atomic mass is 28.4. The molecule has 6 heteroatoms. The van der Waals surface area contributed by atoms with Crippen LogP contribution in [0, 0.1) is 46.3 Å². The Balaban J connectivity index is 1.59. The highest BCUT2D eigenvalue weighted by Gasteiger charge is 2.63. The summed E-state index contributed by atoms with van der Waals surface area (Å²) in [6.07, 6.45) is 12.8. The van der Waals surface area contributed by atoms with Gasteiger partial charge in [-0.25, -0.2) is 0 Å². The van der Waals surface area contributed by atoms with E-state index in [-0.39, 0.29) is 5.97 Å². The highest BCUT2D eigenvalue weighted by molar-refractivity contribution is 6.70. The first-order valence-corrected chi connectivity index (χ1v) is 22.3. The number of rotatable bonds is 8. The fourth-order valence-electron chi connectivity index (χ4n) is 9.97. The molecular formula is C31H58O4Si2. The first-order chi connectivity index (χ1) is 17.1. The highest BCUT2D eigenvalue weighted by Crippen LogP contribution is 2.69. The maximum Gasteiger partial charge on any atom is 0.305 e. The van der Waals surface area contributed by atoms with Crippen LogP contribution in [0.15, 0.2) is 0 Å². The first-order valence-electron chi connectivity index (χ1n) is 15.5. The lowest BCUT2D eigenvalue weighted by Crippen LogP contribution is -2.60. The van der Waals surface area contributed by atoms with Crippen LogP contribution in [0.25, 0.3) is 0 Å². The van der Waals surface area contributed by atoms with Crippen LogP contribution >= 0.6 is 0 Å². The van der Waals surface area contributed by atoms with E-state index in [4.69, 9.17) is 13.6 Å². The van der Waals surface area contributed by atoms with Gasteiger partial charge in [0, 0.05) is 18.6 Å². The molecule has 0 aromatic carbocycles. The van der Waals surface area contributed by atoms with E-state index in [1.54, 1.807) is 0 Å². The molecule has 4 nitrogen and oxygen atoms in total. The van der Waals surface area contributed by atoms with Gasteiger partial charge in [0.1, 0.15) is 0 Å². The van der Waals surface area contributed by atoms with E-state index in [2.05, 4.69) is 60.1 Å². The number of hydrogen-bond acceptors (Lipinski definition) is 4. The Kier molecular flexibility index (Phi) is 8.59. The van der Waals surface area contributed by atoms with E-state index < -0.39 is 16.6 Å². The van der Waals surface area contributed by atoms with Crippen LogP contribution in [0.5, 0.6) is 0 Å². The Bertz CT molecular complexity index is 819. The Labute approximate surface area is 230 Å². The van der Waals surface area contributed by atoms with Crippen LogP contribution in [-0.4, -0.2) is 41.9 Å². The van der Waals surface area contributed by atoms with Gasteiger partial charge in [-0.05, 0) is 143 Å². The van der Waals surface area contributed by atoms with Crippen molar-refractivity contribution in [3.05, 3.63) is 0 Å². The third-order valence-corrected chi connectivity index (χ3v) is 13.5. The topological polar surface area (TPSA) is 44.8 Å². The maximum atomic E-state index is 11.9. The molecule has 0 aromatic heterocycles. The molecule has 10 atom stereocenters. The van der Waals surface area contributed by atoms with Crippen LogP contribution in [0.1, 0.15) is 85.0 Å². The smallest absolute Gasteiger partial charge is 0.305 e. The minimum Gasteiger partial charge on any atom is -0.469 e. The number of esters is 1. The van der Waals surface area contributed by atoms with Crippen molar-refractivity contribution in [2.45, 2.75) is 136 Å². The molecule has 4 aliphatic rings. The zero-order chi connectivity index (χ0) is 27.4. The van der Waals surface area contributed by atoms with E-state index >= 15 is 0 Å². The van der Waals surface area contributed by atoms with Gasteiger partial charge in [-0.3, -0.25) is 4.79 Å². The van der Waals surface area contributed by atoms with Gasteiger partial charge in [0.05, 0.1) is 7.11 Å². The average molecular weight is 551 g/mol. The van der Waals surface area contributed by atoms with Crippen LogP contribution < -0.4 is 0 Å². The van der Waals surface area contributed by atoms with Crippen LogP contribution in [0.2, 0.25) is 39.3 Å². The molecule has 0 bridgehead atoms. The molecule has 4 aliphatic carbocycles. The second-order valence-corrected chi connectivity index (χ2v) is 24.9. The molecular weight excluding hydrogens is 493 g/mol. The zero-order valence-electron chi connectivity index (χ0n) is 25.8. The predicted octanol–water partition coefficient (Wildman–Crippen LogP) is 8.28. The molecule has 0 amide bonds. The summed E-state index contributed by atoms with van der Waals surface area (Å²) in [5.74, 6) is 4.18. The van der Waals surface area contributed by atoms with E-state index in [9.17, 15) is 4.79 Å². The second kappa shape index (κ2) is 10.7. The Hall–Kier alpha value is -0.176. The second-order valence-electron chi connectivity index (χ2n) is 15.9. The molecule has 0 heterocycles. The maximum absolute atomic E-state index is 11.9. The van der Waals surface area contributed by atoms with Crippen molar-refractivity contribution in [2.75, 3.05) is 7.11 Å². The molecule has 0 radical (unpaired) electrons. The third-order valence-electron chi connectivity index (χ3n) is 11.4. The Morgan fingerprint density at radius 3 is 2.11 bits per heavy atom. The van der Waals surface area contributed by atoms with Crippen molar-refractivity contribution in [2.24, 2.45) is 46.3 Å². The van der Waals surface area contributed by atoms with Crippen molar-refractivity contribution in [3.8, 4) is 0 Å². The molecule has 0 spiro atoms. The van der Waals surface area contributed by atoms with Crippen LogP contribution in [-0.2, 0) is 18.4 Å². The van der Waals surface area contributed by atoms with Crippen molar-refractivity contribution >= 4 is 22.6 Å². The molecule has 0 unspecified atom stereocenters. The molecule has 37 heavy (non-hydrogen) atoms. The summed E-state index contributed by atoms with van der Waals surface area (Å²) in [5, 5.41) is 0. The molecule has 4 rings (SSSR count). The molecule has 0 N–H and O–H groups in total. The fourth-order valence-corrected chi connectivity index (χ4v) is 12.3. The quantitative estimate of drug-likeness (QED) is 0.225. The summed E-state index contributed by atoms with van der Waals surface area (Å²) in [5.41, 5.74) is 0.804. The van der Waals surface area contributed by atoms with E-state index in [1.807, 2.05) is 0 Å². The molecule has 214 valence electrons. The number of methoxy groups -OCH3 is 1. The van der Waals surface area contributed by atoms with Gasteiger partial charge < -0.3 is 13.6 Å². The van der Waals surface area contributed by atoms with Gasteiger partial charge >= 0.3 is 5.97 Å². The van der Waals surface area contributed by atoms with E-state index in [1.165, 1.54) is 58.5 Å². The predicted molar refractivity (Wildman–Crippen MR) is 157 cm³/mol. The minimum absolute atomic E-state index is 0.0567. The largest absolute Gasteiger partial charge is 0.469 e. The van der Waals surface area contributed by atoms with E-state index in [0.29, 0.717) is 47.2 Å². The van der Waals surface area contributed by atoms with Crippen molar-refractivity contribution in [3.63, 3.8) is 0 Å². The number of carbonyl (C=O) groups excluding carboxylic acids is 1. The van der Waals surface area contributed by atoms with Gasteiger partial charge in [0.2, 0.25) is 0 Å². The van der Waals surface area contributed by atoms with Crippen molar-refractivity contribution < 1.29 is 18.4 Å². The van der Waals surface area contributed by atoms with Gasteiger partial charge in [-0.15, -0.1) is 0 Å². The third kappa shape index (κ3) is 6.12. The number of ether oxygens (including phenoxy) is 1. The zero-order valence-corrected chi connectivity index (χ0v) is 27.8. The monoisotopic (exact) mass is 550 g/mol.